The number of primary amides is 1. The molecular formula is C14H24N4O3. The van der Waals surface area contributed by atoms with E-state index in [2.05, 4.69) is 10.00 Å². The number of aromatic nitrogens is 2. The van der Waals surface area contributed by atoms with Crippen LogP contribution in [-0.2, 0) is 18.4 Å². The number of carbonyl (C=O) groups is 1. The van der Waals surface area contributed by atoms with Gasteiger partial charge >= 0.3 is 0 Å². The number of piperidine rings is 1. The number of ether oxygens (including phenoxy) is 1. The Bertz CT molecular complexity index is 529. The second-order valence-corrected chi connectivity index (χ2v) is 5.88. The van der Waals surface area contributed by atoms with Crippen LogP contribution in [0.25, 0.3) is 0 Å². The van der Waals surface area contributed by atoms with Crippen LogP contribution in [0.15, 0.2) is 0 Å². The van der Waals surface area contributed by atoms with Crippen molar-refractivity contribution in [2.45, 2.75) is 38.3 Å². The number of hydrogen-bond acceptors (Lipinski definition) is 5. The molecule has 2 heterocycles. The SMILES string of the molecule is COc1c(CN2CCCC(O)(CC(N)=O)C2)c(C)nn1C. The maximum Gasteiger partial charge on any atom is 0.220 e. The zero-order valence-corrected chi connectivity index (χ0v) is 12.9. The lowest BCUT2D eigenvalue weighted by atomic mass is 9.89. The van der Waals surface area contributed by atoms with Gasteiger partial charge < -0.3 is 15.6 Å². The number of amides is 1. The molecule has 3 N–H and O–H groups in total. The fourth-order valence-electron chi connectivity index (χ4n) is 3.15. The van der Waals surface area contributed by atoms with E-state index in [1.54, 1.807) is 11.8 Å². The third kappa shape index (κ3) is 3.54. The molecule has 2 rings (SSSR count). The summed E-state index contributed by atoms with van der Waals surface area (Å²) >= 11 is 0. The molecule has 118 valence electrons. The number of nitrogens with zero attached hydrogens (tertiary/aromatic N) is 3. The first-order valence-electron chi connectivity index (χ1n) is 7.14. The molecule has 1 amide bonds. The number of carbonyl (C=O) groups excluding carboxylic acids is 1. The first kappa shape index (κ1) is 15.8. The van der Waals surface area contributed by atoms with Gasteiger partial charge in [-0.25, -0.2) is 4.68 Å². The average molecular weight is 296 g/mol. The van der Waals surface area contributed by atoms with E-state index < -0.39 is 11.5 Å². The monoisotopic (exact) mass is 296 g/mol. The van der Waals surface area contributed by atoms with Crippen molar-refractivity contribution < 1.29 is 14.6 Å². The minimum absolute atomic E-state index is 0.00660. The van der Waals surface area contributed by atoms with Crippen molar-refractivity contribution in [1.29, 1.82) is 0 Å². The Kier molecular flexibility index (Phi) is 4.53. The number of aliphatic hydroxyl groups is 1. The summed E-state index contributed by atoms with van der Waals surface area (Å²) in [5.41, 5.74) is 6.14. The Balaban J connectivity index is 2.11. The Hall–Kier alpha value is -1.60. The van der Waals surface area contributed by atoms with Gasteiger partial charge in [-0.1, -0.05) is 0 Å². The van der Waals surface area contributed by atoms with Gasteiger partial charge in [0, 0.05) is 20.1 Å². The van der Waals surface area contributed by atoms with E-state index in [0.717, 1.165) is 30.1 Å². The molecule has 0 aliphatic carbocycles. The van der Waals surface area contributed by atoms with Gasteiger partial charge in [-0.2, -0.15) is 5.10 Å². The highest BCUT2D eigenvalue weighted by molar-refractivity contribution is 5.75. The van der Waals surface area contributed by atoms with E-state index in [0.29, 0.717) is 19.5 Å². The standard InChI is InChI=1S/C14H24N4O3/c1-10-11(13(21-3)17(2)16-10)8-18-6-4-5-14(20,9-18)7-12(15)19/h20H,4-9H2,1-3H3,(H2,15,19). The van der Waals surface area contributed by atoms with Crippen LogP contribution in [0.5, 0.6) is 5.88 Å². The van der Waals surface area contributed by atoms with Crippen LogP contribution in [0.1, 0.15) is 30.5 Å². The molecule has 0 spiro atoms. The number of aryl methyl sites for hydroxylation is 2. The van der Waals surface area contributed by atoms with Crippen LogP contribution in [-0.4, -0.2) is 51.5 Å². The number of nitrogens with two attached hydrogens (primary N) is 1. The molecule has 1 saturated heterocycles. The zero-order valence-electron chi connectivity index (χ0n) is 12.9. The molecule has 7 heteroatoms. The van der Waals surface area contributed by atoms with Crippen LogP contribution in [0.4, 0.5) is 0 Å². The molecule has 1 aromatic rings. The van der Waals surface area contributed by atoms with E-state index in [1.807, 2.05) is 14.0 Å². The maximum absolute atomic E-state index is 11.1. The summed E-state index contributed by atoms with van der Waals surface area (Å²) in [5, 5.41) is 14.9. The van der Waals surface area contributed by atoms with Crippen molar-refractivity contribution in [2.24, 2.45) is 12.8 Å². The van der Waals surface area contributed by atoms with Crippen molar-refractivity contribution in [3.05, 3.63) is 11.3 Å². The quantitative estimate of drug-likeness (QED) is 0.794. The molecular weight excluding hydrogens is 272 g/mol. The molecule has 1 fully saturated rings. The van der Waals surface area contributed by atoms with Crippen LogP contribution < -0.4 is 10.5 Å². The summed E-state index contributed by atoms with van der Waals surface area (Å²) in [7, 11) is 3.47. The number of likely N-dealkylation sites (tertiary alicyclic amines) is 1. The van der Waals surface area contributed by atoms with Crippen molar-refractivity contribution in [2.75, 3.05) is 20.2 Å². The highest BCUT2D eigenvalue weighted by Gasteiger charge is 2.35. The Morgan fingerprint density at radius 2 is 2.29 bits per heavy atom. The van der Waals surface area contributed by atoms with E-state index >= 15 is 0 Å². The summed E-state index contributed by atoms with van der Waals surface area (Å²) in [4.78, 5) is 13.2. The highest BCUT2D eigenvalue weighted by atomic mass is 16.5. The Labute approximate surface area is 124 Å². The van der Waals surface area contributed by atoms with Gasteiger partial charge in [0.1, 0.15) is 0 Å². The molecule has 0 saturated carbocycles. The normalized spacial score (nSPS) is 23.2. The third-order valence-electron chi connectivity index (χ3n) is 4.00. The van der Waals surface area contributed by atoms with Crippen molar-refractivity contribution >= 4 is 5.91 Å². The summed E-state index contributed by atoms with van der Waals surface area (Å²) < 4.78 is 7.10. The maximum atomic E-state index is 11.1. The number of methoxy groups -OCH3 is 1. The van der Waals surface area contributed by atoms with Gasteiger partial charge in [0.25, 0.3) is 0 Å². The predicted octanol–water partition coefficient (Wildman–Crippen LogP) is -0.0606. The number of rotatable bonds is 5. The molecule has 0 bridgehead atoms. The molecule has 21 heavy (non-hydrogen) atoms. The van der Waals surface area contributed by atoms with Gasteiger partial charge in [0.15, 0.2) is 0 Å². The van der Waals surface area contributed by atoms with Crippen LogP contribution in [0.3, 0.4) is 0 Å². The highest BCUT2D eigenvalue weighted by Crippen LogP contribution is 2.28. The van der Waals surface area contributed by atoms with Crippen LogP contribution in [0.2, 0.25) is 0 Å². The largest absolute Gasteiger partial charge is 0.481 e. The lowest BCUT2D eigenvalue weighted by molar-refractivity contribution is -0.125. The smallest absolute Gasteiger partial charge is 0.220 e. The van der Waals surface area contributed by atoms with Crippen LogP contribution in [0, 0.1) is 6.92 Å². The van der Waals surface area contributed by atoms with Gasteiger partial charge in [0.05, 0.1) is 30.4 Å². The average Bonchev–Trinajstić information content (AvgIpc) is 2.62. The summed E-state index contributed by atoms with van der Waals surface area (Å²) in [6, 6.07) is 0. The first-order valence-corrected chi connectivity index (χ1v) is 7.14. The minimum atomic E-state index is -1.02. The molecule has 1 aliphatic heterocycles. The summed E-state index contributed by atoms with van der Waals surface area (Å²) in [6.45, 7) is 3.90. The summed E-state index contributed by atoms with van der Waals surface area (Å²) in [6.07, 6.45) is 1.45. The van der Waals surface area contributed by atoms with Gasteiger partial charge in [0.2, 0.25) is 11.8 Å². The van der Waals surface area contributed by atoms with Crippen molar-refractivity contribution in [3.8, 4) is 5.88 Å². The predicted molar refractivity (Wildman–Crippen MR) is 77.8 cm³/mol. The third-order valence-corrected chi connectivity index (χ3v) is 4.00. The molecule has 1 aromatic heterocycles. The Morgan fingerprint density at radius 1 is 1.57 bits per heavy atom. The first-order chi connectivity index (χ1) is 9.84. The van der Waals surface area contributed by atoms with Gasteiger partial charge in [-0.15, -0.1) is 0 Å². The second-order valence-electron chi connectivity index (χ2n) is 5.88. The number of β-amino-alcohol motifs (C(OH)–C–C–N with tert-alkyl or cyclic N) is 1. The molecule has 0 radical (unpaired) electrons. The zero-order chi connectivity index (χ0) is 15.6. The second kappa shape index (κ2) is 6.03. The van der Waals surface area contributed by atoms with E-state index in [9.17, 15) is 9.90 Å². The van der Waals surface area contributed by atoms with Gasteiger partial charge in [-0.05, 0) is 26.3 Å². The van der Waals surface area contributed by atoms with Crippen molar-refractivity contribution in [1.82, 2.24) is 14.7 Å². The fraction of sp³-hybridized carbons (Fsp3) is 0.714. The fourth-order valence-corrected chi connectivity index (χ4v) is 3.15. The molecule has 1 unspecified atom stereocenters. The van der Waals surface area contributed by atoms with Crippen LogP contribution >= 0.6 is 0 Å². The molecule has 7 nitrogen and oxygen atoms in total. The van der Waals surface area contributed by atoms with Gasteiger partial charge in [-0.3, -0.25) is 9.69 Å². The minimum Gasteiger partial charge on any atom is -0.481 e. The topological polar surface area (TPSA) is 93.6 Å². The van der Waals surface area contributed by atoms with E-state index in [-0.39, 0.29) is 6.42 Å². The lowest BCUT2D eigenvalue weighted by Crippen LogP contribution is -2.49. The molecule has 1 aliphatic rings. The lowest BCUT2D eigenvalue weighted by Gasteiger charge is -2.38. The Morgan fingerprint density at radius 3 is 2.90 bits per heavy atom. The van der Waals surface area contributed by atoms with E-state index in [1.165, 1.54) is 0 Å². The summed E-state index contributed by atoms with van der Waals surface area (Å²) in [5.74, 6) is 0.269. The van der Waals surface area contributed by atoms with Crippen molar-refractivity contribution in [3.63, 3.8) is 0 Å². The molecule has 1 atom stereocenters. The number of hydrogen-bond donors (Lipinski definition) is 2. The van der Waals surface area contributed by atoms with E-state index in [4.69, 9.17) is 10.5 Å². The molecule has 0 aromatic carbocycles.